The molecule has 0 radical (unpaired) electrons. The van der Waals surface area contributed by atoms with Gasteiger partial charge in [-0.15, -0.1) is 0 Å². The molecule has 3 rings (SSSR count). The monoisotopic (exact) mass is 413 g/mol. The molecule has 0 aliphatic heterocycles. The van der Waals surface area contributed by atoms with Gasteiger partial charge in [0, 0.05) is 0 Å². The number of hydrogen-bond donors (Lipinski definition) is 1. The molecule has 0 aliphatic rings. The number of nitrogens with one attached hydrogen (secondary N) is 1. The molecule has 6 heteroatoms. The maximum atomic E-state index is 12.4. The third-order valence-electron chi connectivity index (χ3n) is 4.08. The van der Waals surface area contributed by atoms with Gasteiger partial charge in [-0.1, -0.05) is 89.9 Å². The van der Waals surface area contributed by atoms with Crippen molar-refractivity contribution in [3.8, 4) is 0 Å². The zero-order valence-electron chi connectivity index (χ0n) is 14.8. The Labute approximate surface area is 173 Å². The molecule has 0 heterocycles. The largest absolute Gasteiger partial charge is 0.452 e. The molecule has 0 unspecified atom stereocenters. The number of carbonyl (C=O) groups excluding carboxylic acids is 2. The van der Waals surface area contributed by atoms with E-state index >= 15 is 0 Å². The number of ether oxygens (including phenoxy) is 1. The summed E-state index contributed by atoms with van der Waals surface area (Å²) in [7, 11) is 0. The van der Waals surface area contributed by atoms with Crippen molar-refractivity contribution in [3.05, 3.63) is 106 Å². The van der Waals surface area contributed by atoms with Gasteiger partial charge in [0.25, 0.3) is 5.91 Å². The van der Waals surface area contributed by atoms with Crippen LogP contribution in [-0.4, -0.2) is 18.5 Å². The fraction of sp³-hybridized carbons (Fsp3) is 0.0909. The number of rotatable bonds is 6. The second kappa shape index (κ2) is 9.40. The van der Waals surface area contributed by atoms with Gasteiger partial charge in [-0.2, -0.15) is 0 Å². The van der Waals surface area contributed by atoms with Crippen LogP contribution < -0.4 is 5.32 Å². The summed E-state index contributed by atoms with van der Waals surface area (Å²) in [4.78, 5) is 24.6. The van der Waals surface area contributed by atoms with E-state index < -0.39 is 18.5 Å². The van der Waals surface area contributed by atoms with Crippen LogP contribution in [0.3, 0.4) is 0 Å². The fourth-order valence-electron chi connectivity index (χ4n) is 2.72. The molecule has 4 nitrogen and oxygen atoms in total. The van der Waals surface area contributed by atoms with Gasteiger partial charge in [0.2, 0.25) is 0 Å². The van der Waals surface area contributed by atoms with Crippen LogP contribution in [0.4, 0.5) is 0 Å². The third kappa shape index (κ3) is 4.91. The molecule has 0 atom stereocenters. The van der Waals surface area contributed by atoms with Crippen molar-refractivity contribution in [2.24, 2.45) is 0 Å². The zero-order valence-corrected chi connectivity index (χ0v) is 16.3. The van der Waals surface area contributed by atoms with E-state index in [1.165, 1.54) is 6.07 Å². The molecule has 0 fully saturated rings. The molecule has 0 spiro atoms. The maximum absolute atomic E-state index is 12.4. The van der Waals surface area contributed by atoms with Gasteiger partial charge in [0.15, 0.2) is 6.61 Å². The van der Waals surface area contributed by atoms with Crippen LogP contribution >= 0.6 is 23.2 Å². The molecular weight excluding hydrogens is 397 g/mol. The second-order valence-corrected chi connectivity index (χ2v) is 6.78. The van der Waals surface area contributed by atoms with Gasteiger partial charge in [0.1, 0.15) is 0 Å². The van der Waals surface area contributed by atoms with E-state index in [0.717, 1.165) is 11.1 Å². The molecule has 1 N–H and O–H groups in total. The van der Waals surface area contributed by atoms with E-state index in [1.807, 2.05) is 60.7 Å². The van der Waals surface area contributed by atoms with Gasteiger partial charge < -0.3 is 10.1 Å². The summed E-state index contributed by atoms with van der Waals surface area (Å²) < 4.78 is 5.10. The summed E-state index contributed by atoms with van der Waals surface area (Å²) in [5.74, 6) is -1.14. The summed E-state index contributed by atoms with van der Waals surface area (Å²) in [5, 5.41) is 3.25. The van der Waals surface area contributed by atoms with Crippen molar-refractivity contribution < 1.29 is 14.3 Å². The summed E-state index contributed by atoms with van der Waals surface area (Å²) in [6.07, 6.45) is 0. The Hall–Kier alpha value is -2.82. The Kier molecular flexibility index (Phi) is 6.69. The highest BCUT2D eigenvalue weighted by molar-refractivity contribution is 6.43. The summed E-state index contributed by atoms with van der Waals surface area (Å²) >= 11 is 11.9. The lowest BCUT2D eigenvalue weighted by atomic mass is 9.99. The van der Waals surface area contributed by atoms with E-state index in [0.29, 0.717) is 0 Å². The fourth-order valence-corrected chi connectivity index (χ4v) is 3.10. The molecule has 0 bridgehead atoms. The second-order valence-electron chi connectivity index (χ2n) is 6.00. The van der Waals surface area contributed by atoms with Crippen molar-refractivity contribution in [1.82, 2.24) is 5.32 Å². The van der Waals surface area contributed by atoms with Crippen molar-refractivity contribution in [3.63, 3.8) is 0 Å². The van der Waals surface area contributed by atoms with Gasteiger partial charge in [0.05, 0.1) is 21.7 Å². The normalized spacial score (nSPS) is 10.5. The molecule has 0 saturated heterocycles. The Bertz CT molecular complexity index is 923. The van der Waals surface area contributed by atoms with Gasteiger partial charge in [-0.25, -0.2) is 4.79 Å². The average Bonchev–Trinajstić information content (AvgIpc) is 2.73. The summed E-state index contributed by atoms with van der Waals surface area (Å²) in [6, 6.07) is 23.4. The van der Waals surface area contributed by atoms with Crippen molar-refractivity contribution >= 4 is 35.1 Å². The maximum Gasteiger partial charge on any atom is 0.340 e. The smallest absolute Gasteiger partial charge is 0.340 e. The number of hydrogen-bond acceptors (Lipinski definition) is 3. The first kappa shape index (κ1) is 19.9. The molecule has 3 aromatic carbocycles. The molecule has 28 heavy (non-hydrogen) atoms. The van der Waals surface area contributed by atoms with Gasteiger partial charge in [-0.05, 0) is 23.3 Å². The molecule has 3 aromatic rings. The molecule has 142 valence electrons. The standard InChI is InChI=1S/C22H17Cl2NO3/c23-18-13-7-12-17(20(18)24)22(27)28-14-19(26)25-21(15-8-3-1-4-9-15)16-10-5-2-6-11-16/h1-13,21H,14H2,(H,25,26). The van der Waals surface area contributed by atoms with E-state index in [2.05, 4.69) is 5.32 Å². The summed E-state index contributed by atoms with van der Waals surface area (Å²) in [6.45, 7) is -0.433. The van der Waals surface area contributed by atoms with Crippen LogP contribution in [0.25, 0.3) is 0 Å². The Balaban J connectivity index is 1.69. The van der Waals surface area contributed by atoms with E-state index in [-0.39, 0.29) is 21.7 Å². The lowest BCUT2D eigenvalue weighted by molar-refractivity contribution is -0.124. The molecular formula is C22H17Cl2NO3. The van der Waals surface area contributed by atoms with Crippen LogP contribution in [0.5, 0.6) is 0 Å². The van der Waals surface area contributed by atoms with Crippen molar-refractivity contribution in [2.45, 2.75) is 6.04 Å². The van der Waals surface area contributed by atoms with Crippen LogP contribution in [0.15, 0.2) is 78.9 Å². The van der Waals surface area contributed by atoms with E-state index in [1.54, 1.807) is 12.1 Å². The first-order chi connectivity index (χ1) is 13.6. The quantitative estimate of drug-likeness (QED) is 0.574. The zero-order chi connectivity index (χ0) is 19.9. The average molecular weight is 414 g/mol. The molecule has 1 amide bonds. The number of benzene rings is 3. The predicted molar refractivity (Wildman–Crippen MR) is 110 cm³/mol. The van der Waals surface area contributed by atoms with Crippen LogP contribution in [0, 0.1) is 0 Å². The first-order valence-corrected chi connectivity index (χ1v) is 9.32. The highest BCUT2D eigenvalue weighted by Gasteiger charge is 2.19. The molecule has 0 aromatic heterocycles. The highest BCUT2D eigenvalue weighted by Crippen LogP contribution is 2.26. The Morgan fingerprint density at radius 2 is 1.39 bits per heavy atom. The van der Waals surface area contributed by atoms with Crippen LogP contribution in [-0.2, 0) is 9.53 Å². The number of carbonyl (C=O) groups is 2. The topological polar surface area (TPSA) is 55.4 Å². The minimum absolute atomic E-state index is 0.0982. The van der Waals surface area contributed by atoms with Gasteiger partial charge >= 0.3 is 5.97 Å². The number of esters is 1. The van der Waals surface area contributed by atoms with Crippen LogP contribution in [0.1, 0.15) is 27.5 Å². The summed E-state index contributed by atoms with van der Waals surface area (Å²) in [5.41, 5.74) is 1.96. The number of halogens is 2. The first-order valence-electron chi connectivity index (χ1n) is 8.56. The molecule has 0 saturated carbocycles. The molecule has 0 aliphatic carbocycles. The Morgan fingerprint density at radius 3 is 1.96 bits per heavy atom. The Morgan fingerprint density at radius 1 is 0.821 bits per heavy atom. The minimum Gasteiger partial charge on any atom is -0.452 e. The minimum atomic E-state index is -0.710. The lowest BCUT2D eigenvalue weighted by Gasteiger charge is -2.20. The number of amides is 1. The third-order valence-corrected chi connectivity index (χ3v) is 4.90. The van der Waals surface area contributed by atoms with Crippen molar-refractivity contribution in [2.75, 3.05) is 6.61 Å². The van der Waals surface area contributed by atoms with E-state index in [4.69, 9.17) is 27.9 Å². The van der Waals surface area contributed by atoms with E-state index in [9.17, 15) is 9.59 Å². The predicted octanol–water partition coefficient (Wildman–Crippen LogP) is 5.06. The SMILES string of the molecule is O=C(COC(=O)c1cccc(Cl)c1Cl)NC(c1ccccc1)c1ccccc1. The van der Waals surface area contributed by atoms with Crippen LogP contribution in [0.2, 0.25) is 10.0 Å². The lowest BCUT2D eigenvalue weighted by Crippen LogP contribution is -2.33. The highest BCUT2D eigenvalue weighted by atomic mass is 35.5. The van der Waals surface area contributed by atoms with Crippen molar-refractivity contribution in [1.29, 1.82) is 0 Å². The van der Waals surface area contributed by atoms with Gasteiger partial charge in [-0.3, -0.25) is 4.79 Å².